The van der Waals surface area contributed by atoms with E-state index < -0.39 is 17.2 Å². The van der Waals surface area contributed by atoms with Gasteiger partial charge in [-0.3, -0.25) is 0 Å². The summed E-state index contributed by atoms with van der Waals surface area (Å²) in [6.07, 6.45) is 0. The predicted octanol–water partition coefficient (Wildman–Crippen LogP) is 2.50. The second kappa shape index (κ2) is 3.46. The van der Waals surface area contributed by atoms with Gasteiger partial charge in [-0.05, 0) is 29.7 Å². The van der Waals surface area contributed by atoms with Crippen molar-refractivity contribution in [3.8, 4) is 11.5 Å². The highest BCUT2D eigenvalue weighted by atomic mass is 19.1. The molecule has 0 spiro atoms. The van der Waals surface area contributed by atoms with E-state index in [4.69, 9.17) is 4.42 Å². The fourth-order valence-electron chi connectivity index (χ4n) is 2.01. The van der Waals surface area contributed by atoms with Crippen molar-refractivity contribution in [3.63, 3.8) is 0 Å². The predicted molar refractivity (Wildman–Crippen MR) is 63.3 cm³/mol. The molecular formula is C13H7FO4. The van der Waals surface area contributed by atoms with Gasteiger partial charge in [0.1, 0.15) is 11.3 Å². The number of hydrogen-bond acceptors (Lipinski definition) is 4. The lowest BCUT2D eigenvalue weighted by Crippen LogP contribution is -1.96. The summed E-state index contributed by atoms with van der Waals surface area (Å²) in [6.45, 7) is 0. The Labute approximate surface area is 99.5 Å². The number of benzene rings is 2. The van der Waals surface area contributed by atoms with Gasteiger partial charge < -0.3 is 14.6 Å². The van der Waals surface area contributed by atoms with Crippen LogP contribution in [0.5, 0.6) is 11.5 Å². The average Bonchev–Trinajstić information content (AvgIpc) is 2.32. The van der Waals surface area contributed by atoms with Crippen LogP contribution in [0.4, 0.5) is 4.39 Å². The Kier molecular flexibility index (Phi) is 2.04. The van der Waals surface area contributed by atoms with Gasteiger partial charge in [-0.1, -0.05) is 0 Å². The molecule has 3 rings (SSSR count). The van der Waals surface area contributed by atoms with E-state index in [1.165, 1.54) is 24.3 Å². The summed E-state index contributed by atoms with van der Waals surface area (Å²) in [5, 5.41) is 19.8. The van der Waals surface area contributed by atoms with Crippen LogP contribution >= 0.6 is 0 Å². The molecule has 0 aliphatic carbocycles. The molecule has 3 aromatic rings. The molecule has 0 bridgehead atoms. The van der Waals surface area contributed by atoms with E-state index in [0.29, 0.717) is 5.39 Å². The third kappa shape index (κ3) is 1.34. The standard InChI is InChI=1S/C13H7FO4/c14-13-7-2-4-10-12(6(7)1-3-8(13)15)9(16)5-11(17)18-10/h1-5,15-16H. The molecule has 0 radical (unpaired) electrons. The smallest absolute Gasteiger partial charge is 0.339 e. The first kappa shape index (κ1) is 10.6. The van der Waals surface area contributed by atoms with Crippen LogP contribution in [0.25, 0.3) is 21.7 Å². The van der Waals surface area contributed by atoms with E-state index in [0.717, 1.165) is 6.07 Å². The van der Waals surface area contributed by atoms with E-state index in [-0.39, 0.29) is 22.1 Å². The molecule has 1 heterocycles. The molecule has 0 unspecified atom stereocenters. The maximum absolute atomic E-state index is 13.7. The Morgan fingerprint density at radius 3 is 2.50 bits per heavy atom. The highest BCUT2D eigenvalue weighted by Crippen LogP contribution is 2.34. The second-order valence-electron chi connectivity index (χ2n) is 3.88. The molecule has 5 heteroatoms. The monoisotopic (exact) mass is 246 g/mol. The van der Waals surface area contributed by atoms with Gasteiger partial charge in [0, 0.05) is 5.39 Å². The van der Waals surface area contributed by atoms with Crippen LogP contribution in [0.1, 0.15) is 0 Å². The topological polar surface area (TPSA) is 70.7 Å². The zero-order valence-electron chi connectivity index (χ0n) is 8.98. The molecular weight excluding hydrogens is 239 g/mol. The summed E-state index contributed by atoms with van der Waals surface area (Å²) in [7, 11) is 0. The molecule has 2 N–H and O–H groups in total. The van der Waals surface area contributed by atoms with E-state index in [1.807, 2.05) is 0 Å². The lowest BCUT2D eigenvalue weighted by atomic mass is 10.0. The lowest BCUT2D eigenvalue weighted by Gasteiger charge is -2.06. The van der Waals surface area contributed by atoms with Crippen molar-refractivity contribution in [1.29, 1.82) is 0 Å². The molecule has 0 aliphatic heterocycles. The number of rotatable bonds is 0. The summed E-state index contributed by atoms with van der Waals surface area (Å²) >= 11 is 0. The summed E-state index contributed by atoms with van der Waals surface area (Å²) in [5.74, 6) is -1.53. The Morgan fingerprint density at radius 2 is 1.72 bits per heavy atom. The van der Waals surface area contributed by atoms with Crippen LogP contribution in [0.15, 0.2) is 39.5 Å². The number of phenols is 1. The normalized spacial score (nSPS) is 11.2. The molecule has 4 nitrogen and oxygen atoms in total. The van der Waals surface area contributed by atoms with E-state index in [2.05, 4.69) is 0 Å². The zero-order valence-corrected chi connectivity index (χ0v) is 8.98. The number of fused-ring (bicyclic) bond motifs is 3. The Balaban J connectivity index is 2.62. The molecule has 0 fully saturated rings. The third-order valence-corrected chi connectivity index (χ3v) is 2.80. The minimum atomic E-state index is -0.778. The number of phenolic OH excluding ortho intramolecular Hbond substituents is 1. The fraction of sp³-hybridized carbons (Fsp3) is 0. The molecule has 2 aromatic carbocycles. The third-order valence-electron chi connectivity index (χ3n) is 2.80. The molecule has 0 saturated heterocycles. The van der Waals surface area contributed by atoms with Gasteiger partial charge in [-0.15, -0.1) is 0 Å². The summed E-state index contributed by atoms with van der Waals surface area (Å²) in [5.41, 5.74) is -0.517. The second-order valence-corrected chi connectivity index (χ2v) is 3.88. The highest BCUT2D eigenvalue weighted by Gasteiger charge is 2.13. The summed E-state index contributed by atoms with van der Waals surface area (Å²) in [4.78, 5) is 11.1. The van der Waals surface area contributed by atoms with Crippen LogP contribution < -0.4 is 5.63 Å². The van der Waals surface area contributed by atoms with Gasteiger partial charge in [-0.2, -0.15) is 0 Å². The average molecular weight is 246 g/mol. The first-order valence-electron chi connectivity index (χ1n) is 5.15. The van der Waals surface area contributed by atoms with Crippen LogP contribution in [-0.2, 0) is 0 Å². The van der Waals surface area contributed by atoms with Crippen LogP contribution in [0.3, 0.4) is 0 Å². The maximum Gasteiger partial charge on any atom is 0.339 e. The molecule has 0 aliphatic rings. The van der Waals surface area contributed by atoms with Crippen LogP contribution in [0.2, 0.25) is 0 Å². The largest absolute Gasteiger partial charge is 0.507 e. The summed E-state index contributed by atoms with van der Waals surface area (Å²) in [6, 6.07) is 6.32. The minimum Gasteiger partial charge on any atom is -0.507 e. The van der Waals surface area contributed by atoms with Gasteiger partial charge in [0.2, 0.25) is 0 Å². The van der Waals surface area contributed by atoms with E-state index >= 15 is 0 Å². The summed E-state index contributed by atoms with van der Waals surface area (Å²) < 4.78 is 18.6. The number of halogens is 1. The Hall–Kier alpha value is -2.56. The van der Waals surface area contributed by atoms with Crippen molar-refractivity contribution in [1.82, 2.24) is 0 Å². The van der Waals surface area contributed by atoms with Gasteiger partial charge in [0.15, 0.2) is 11.6 Å². The van der Waals surface area contributed by atoms with Gasteiger partial charge in [-0.25, -0.2) is 9.18 Å². The van der Waals surface area contributed by atoms with Crippen molar-refractivity contribution >= 4 is 21.7 Å². The highest BCUT2D eigenvalue weighted by molar-refractivity contribution is 6.08. The van der Waals surface area contributed by atoms with E-state index in [9.17, 15) is 19.4 Å². The molecule has 18 heavy (non-hydrogen) atoms. The molecule has 1 aromatic heterocycles. The Morgan fingerprint density at radius 1 is 1.00 bits per heavy atom. The molecule has 0 atom stereocenters. The first-order valence-corrected chi connectivity index (χ1v) is 5.15. The SMILES string of the molecule is O=c1cc(O)c2c(ccc3c(F)c(O)ccc32)o1. The quantitative estimate of drug-likeness (QED) is 0.472. The molecule has 90 valence electrons. The molecule has 0 saturated carbocycles. The zero-order chi connectivity index (χ0) is 12.9. The van der Waals surface area contributed by atoms with E-state index in [1.54, 1.807) is 0 Å². The lowest BCUT2D eigenvalue weighted by molar-refractivity contribution is 0.436. The van der Waals surface area contributed by atoms with Crippen molar-refractivity contribution in [2.24, 2.45) is 0 Å². The minimum absolute atomic E-state index is 0.145. The van der Waals surface area contributed by atoms with Gasteiger partial charge in [0.05, 0.1) is 11.5 Å². The van der Waals surface area contributed by atoms with Crippen LogP contribution in [0, 0.1) is 5.82 Å². The van der Waals surface area contributed by atoms with Crippen molar-refractivity contribution in [2.75, 3.05) is 0 Å². The number of aromatic hydroxyl groups is 2. The fourth-order valence-corrected chi connectivity index (χ4v) is 2.01. The van der Waals surface area contributed by atoms with Crippen molar-refractivity contribution in [2.45, 2.75) is 0 Å². The first-order chi connectivity index (χ1) is 8.58. The van der Waals surface area contributed by atoms with Crippen molar-refractivity contribution in [3.05, 3.63) is 46.6 Å². The van der Waals surface area contributed by atoms with Crippen LogP contribution in [-0.4, -0.2) is 10.2 Å². The Bertz CT molecular complexity index is 836. The van der Waals surface area contributed by atoms with Crippen molar-refractivity contribution < 1.29 is 19.0 Å². The number of hydrogen-bond donors (Lipinski definition) is 2. The molecule has 0 amide bonds. The maximum atomic E-state index is 13.7. The van der Waals surface area contributed by atoms with Gasteiger partial charge >= 0.3 is 5.63 Å². The van der Waals surface area contributed by atoms with Gasteiger partial charge in [0.25, 0.3) is 0 Å².